The van der Waals surface area contributed by atoms with Crippen molar-refractivity contribution < 1.29 is 48.0 Å². The minimum absolute atomic E-state index is 0.00754. The smallest absolute Gasteiger partial charge is 0.408 e. The number of unbranched alkanes of at least 4 members (excludes halogenated alkanes) is 1. The van der Waals surface area contributed by atoms with Crippen molar-refractivity contribution in [2.75, 3.05) is 13.7 Å². The third-order valence-electron chi connectivity index (χ3n) is 8.89. The van der Waals surface area contributed by atoms with Gasteiger partial charge in [0.15, 0.2) is 17.2 Å². The van der Waals surface area contributed by atoms with Crippen LogP contribution in [0.3, 0.4) is 0 Å². The Morgan fingerprint density at radius 2 is 1.66 bits per heavy atom. The molecule has 5 rings (SSSR count). The molecule has 0 aliphatic carbocycles. The van der Waals surface area contributed by atoms with Crippen molar-refractivity contribution in [3.63, 3.8) is 0 Å². The van der Waals surface area contributed by atoms with Crippen molar-refractivity contribution in [3.8, 4) is 17.2 Å². The molecule has 17 heteroatoms. The number of phenolic OH excluding ortho intramolecular Hbond substituents is 1. The number of aromatic hydroxyl groups is 1. The summed E-state index contributed by atoms with van der Waals surface area (Å²) in [6, 6.07) is 10.5. The Bertz CT molecular complexity index is 1940. The van der Waals surface area contributed by atoms with Crippen LogP contribution in [0.1, 0.15) is 64.2 Å². The number of nitrogens with one attached hydrogen (secondary N) is 4. The highest BCUT2D eigenvalue weighted by atomic mass is 127. The van der Waals surface area contributed by atoms with Crippen LogP contribution in [0.25, 0.3) is 0 Å². The van der Waals surface area contributed by atoms with E-state index >= 15 is 0 Å². The zero-order valence-corrected chi connectivity index (χ0v) is 38.4. The van der Waals surface area contributed by atoms with Crippen LogP contribution in [-0.4, -0.2) is 84.5 Å². The Hall–Kier alpha value is -3.94. The molecule has 2 aliphatic rings. The number of amides is 4. The van der Waals surface area contributed by atoms with Gasteiger partial charge in [0.25, 0.3) is 0 Å². The van der Waals surface area contributed by atoms with Gasteiger partial charge in [-0.25, -0.2) is 9.59 Å². The summed E-state index contributed by atoms with van der Waals surface area (Å²) in [5.41, 5.74) is 0.956. The number of benzene rings is 3. The number of ether oxygens (including phenoxy) is 4. The number of hydrogen-bond acceptors (Lipinski definition) is 10. The molecule has 2 heterocycles. The lowest BCUT2D eigenvalue weighted by Gasteiger charge is -2.29. The summed E-state index contributed by atoms with van der Waals surface area (Å²) >= 11 is 9.02. The zero-order valence-electron chi connectivity index (χ0n) is 33.1. The van der Waals surface area contributed by atoms with Crippen LogP contribution in [0.4, 0.5) is 4.79 Å². The van der Waals surface area contributed by atoms with Gasteiger partial charge in [-0.3, -0.25) is 14.4 Å². The van der Waals surface area contributed by atoms with E-state index in [1.165, 1.54) is 7.11 Å². The molecule has 0 saturated heterocycles. The molecule has 58 heavy (non-hydrogen) atoms. The first-order chi connectivity index (χ1) is 27.4. The van der Waals surface area contributed by atoms with Gasteiger partial charge in [0.2, 0.25) is 17.7 Å². The third-order valence-corrected chi connectivity index (χ3v) is 10.9. The average molecular weight is 1040 g/mol. The number of halogens is 3. The van der Waals surface area contributed by atoms with E-state index in [4.69, 9.17) is 18.9 Å². The number of hydrogen-bond donors (Lipinski definition) is 5. The van der Waals surface area contributed by atoms with Gasteiger partial charge in [-0.15, -0.1) is 0 Å². The molecule has 4 bridgehead atoms. The number of alkyl carbamates (subject to hydrolysis) is 1. The second-order valence-corrected chi connectivity index (χ2v) is 17.6. The minimum Gasteiger partial charge on any atom is -0.504 e. The molecule has 3 aromatic rings. The molecule has 3 aromatic carbocycles. The number of fused-ring (bicyclic) bond motifs is 10. The lowest BCUT2D eigenvalue weighted by molar-refractivity contribution is -0.146. The fourth-order valence-electron chi connectivity index (χ4n) is 5.98. The quantitative estimate of drug-likeness (QED) is 0.0819. The van der Waals surface area contributed by atoms with E-state index in [-0.39, 0.29) is 30.8 Å². The van der Waals surface area contributed by atoms with E-state index in [0.717, 1.165) is 12.0 Å². The van der Waals surface area contributed by atoms with Crippen molar-refractivity contribution in [3.05, 3.63) is 83.8 Å². The highest BCUT2D eigenvalue weighted by Crippen LogP contribution is 2.42. The summed E-state index contributed by atoms with van der Waals surface area (Å²) in [5.74, 6) is -2.75. The molecule has 0 saturated carbocycles. The SMILES string of the molecule is CCCCOC(C)[C@@H]1NC(=O)[C@@H](NC(=O)C(Cc2ccccc2)NC(=O)OC(C)(C)C)Cc2cc(I)c(O)c(c2)Oc2c(Br)cc(cc2Br)C[C@@H](C(=O)OC)NC1=O. The van der Waals surface area contributed by atoms with Gasteiger partial charge < -0.3 is 45.3 Å². The Morgan fingerprint density at radius 3 is 2.28 bits per heavy atom. The zero-order chi connectivity index (χ0) is 42.7. The number of phenols is 1. The molecule has 0 aromatic heterocycles. The van der Waals surface area contributed by atoms with Gasteiger partial charge in [-0.1, -0.05) is 43.7 Å². The number of carbonyl (C=O) groups is 5. The molecular weight excluding hydrogens is 995 g/mol. The molecule has 4 amide bonds. The third kappa shape index (κ3) is 13.6. The minimum atomic E-state index is -1.36. The van der Waals surface area contributed by atoms with Gasteiger partial charge in [0.05, 0.1) is 25.7 Å². The van der Waals surface area contributed by atoms with Gasteiger partial charge in [-0.05, 0) is 130 Å². The fourth-order valence-corrected chi connectivity index (χ4v) is 8.09. The summed E-state index contributed by atoms with van der Waals surface area (Å²) in [5, 5.41) is 22.1. The molecular formula is C41H49Br2IN4O10. The van der Waals surface area contributed by atoms with E-state index in [9.17, 15) is 29.1 Å². The van der Waals surface area contributed by atoms with Crippen molar-refractivity contribution in [2.24, 2.45) is 0 Å². The maximum atomic E-state index is 14.5. The Kier molecular flexibility index (Phi) is 17.2. The van der Waals surface area contributed by atoms with Crippen LogP contribution in [0.5, 0.6) is 17.2 Å². The van der Waals surface area contributed by atoms with Crippen molar-refractivity contribution in [1.29, 1.82) is 0 Å². The lowest BCUT2D eigenvalue weighted by Crippen LogP contribution is -2.61. The molecule has 2 aliphatic heterocycles. The van der Waals surface area contributed by atoms with E-state index in [1.807, 2.05) is 35.6 Å². The first-order valence-electron chi connectivity index (χ1n) is 18.7. The molecule has 0 fully saturated rings. The summed E-state index contributed by atoms with van der Waals surface area (Å²) in [4.78, 5) is 69.1. The summed E-state index contributed by atoms with van der Waals surface area (Å²) in [6.45, 7) is 8.99. The lowest BCUT2D eigenvalue weighted by atomic mass is 10.0. The second-order valence-electron chi connectivity index (χ2n) is 14.8. The highest BCUT2D eigenvalue weighted by Gasteiger charge is 2.36. The Morgan fingerprint density at radius 1 is 1.00 bits per heavy atom. The monoisotopic (exact) mass is 1040 g/mol. The summed E-state index contributed by atoms with van der Waals surface area (Å²) in [7, 11) is 1.20. The van der Waals surface area contributed by atoms with Crippen molar-refractivity contribution in [2.45, 2.75) is 103 Å². The normalized spacial score (nSPS) is 18.4. The molecule has 0 radical (unpaired) electrons. The van der Waals surface area contributed by atoms with E-state index in [2.05, 4.69) is 53.1 Å². The maximum Gasteiger partial charge on any atom is 0.408 e. The van der Waals surface area contributed by atoms with Gasteiger partial charge >= 0.3 is 12.1 Å². The van der Waals surface area contributed by atoms with Crippen molar-refractivity contribution >= 4 is 84.2 Å². The van der Waals surface area contributed by atoms with Gasteiger partial charge in [0.1, 0.15) is 29.8 Å². The largest absolute Gasteiger partial charge is 0.504 e. The average Bonchev–Trinajstić information content (AvgIpc) is 3.15. The van der Waals surface area contributed by atoms with E-state index < -0.39 is 65.7 Å². The number of carbonyl (C=O) groups excluding carboxylic acids is 5. The highest BCUT2D eigenvalue weighted by molar-refractivity contribution is 14.1. The molecule has 5 atom stereocenters. The van der Waals surface area contributed by atoms with E-state index in [0.29, 0.717) is 42.4 Å². The van der Waals surface area contributed by atoms with Crippen molar-refractivity contribution in [1.82, 2.24) is 21.3 Å². The van der Waals surface area contributed by atoms with Crippen LogP contribution in [0.2, 0.25) is 0 Å². The van der Waals surface area contributed by atoms with Crippen LogP contribution < -0.4 is 26.0 Å². The number of methoxy groups -OCH3 is 1. The van der Waals surface area contributed by atoms with Crippen LogP contribution >= 0.6 is 54.5 Å². The molecule has 14 nitrogen and oxygen atoms in total. The second kappa shape index (κ2) is 21.4. The van der Waals surface area contributed by atoms with E-state index in [1.54, 1.807) is 76.2 Å². The number of rotatable bonds is 11. The van der Waals surface area contributed by atoms with Crippen LogP contribution in [0, 0.1) is 3.57 Å². The molecule has 314 valence electrons. The molecule has 0 spiro atoms. The predicted molar refractivity (Wildman–Crippen MR) is 232 cm³/mol. The van der Waals surface area contributed by atoms with Gasteiger partial charge in [-0.2, -0.15) is 0 Å². The first-order valence-corrected chi connectivity index (χ1v) is 21.4. The first kappa shape index (κ1) is 46.7. The predicted octanol–water partition coefficient (Wildman–Crippen LogP) is 6.38. The number of esters is 1. The standard InChI is InChI=1S/C41H49Br2IN4O10/c1-7-8-14-56-22(2)33-38(52)46-31(39(53)55-6)20-24-15-26(42)35(27(43)16-24)57-32-21-25(17-28(44)34(32)49)19-29(37(51)48-33)45-36(50)30(18-23-12-10-9-11-13-23)47-40(54)58-41(3,4)5/h9-13,15-17,21-22,29-31,33,49H,7-8,14,18-20H2,1-6H3,(H,45,50)(H,46,52)(H,47,54)(H,48,51)/t22?,29-,30?,31-,33-/m0/s1. The Labute approximate surface area is 368 Å². The van der Waals surface area contributed by atoms with Gasteiger partial charge in [0, 0.05) is 25.9 Å². The fraction of sp³-hybridized carbons (Fsp3) is 0.439. The summed E-state index contributed by atoms with van der Waals surface area (Å²) in [6.07, 6.45) is -0.322. The molecule has 5 N–H and O–H groups in total. The maximum absolute atomic E-state index is 14.5. The summed E-state index contributed by atoms with van der Waals surface area (Å²) < 4.78 is 24.1. The van der Waals surface area contributed by atoms with Crippen LogP contribution in [0.15, 0.2) is 63.5 Å². The van der Waals surface area contributed by atoms with Crippen LogP contribution in [-0.2, 0) is 52.7 Å². The molecule has 2 unspecified atom stereocenters. The Balaban J connectivity index is 1.83. The topological polar surface area (TPSA) is 191 Å².